The van der Waals surface area contributed by atoms with E-state index in [4.69, 9.17) is 0 Å². The third-order valence-corrected chi connectivity index (χ3v) is 3.61. The molecule has 3 N–H and O–H groups in total. The largest absolute Gasteiger partial charge is 0.361 e. The number of aryl methyl sites for hydroxylation is 1. The first-order chi connectivity index (χ1) is 10.3. The first-order valence-electron chi connectivity index (χ1n) is 7.90. The summed E-state index contributed by atoms with van der Waals surface area (Å²) in [6.45, 7) is 8.92. The van der Waals surface area contributed by atoms with Gasteiger partial charge in [0.2, 0.25) is 0 Å². The lowest BCUT2D eigenvalue weighted by molar-refractivity contribution is 0.834. The Bertz CT molecular complexity index is 590. The number of aromatic amines is 1. The Morgan fingerprint density at radius 2 is 1.86 bits per heavy atom. The van der Waals surface area contributed by atoms with Gasteiger partial charge in [0.25, 0.3) is 0 Å². The molecule has 21 heavy (non-hydrogen) atoms. The number of guanidine groups is 1. The molecule has 2 rings (SSSR count). The van der Waals surface area contributed by atoms with E-state index in [1.54, 1.807) is 0 Å². The second-order valence-electron chi connectivity index (χ2n) is 5.05. The number of fused-ring (bicyclic) bond motifs is 1. The minimum atomic E-state index is 0.790. The summed E-state index contributed by atoms with van der Waals surface area (Å²) in [6, 6.07) is 6.53. The van der Waals surface area contributed by atoms with Crippen LogP contribution in [0.3, 0.4) is 0 Å². The van der Waals surface area contributed by atoms with E-state index in [2.05, 4.69) is 65.8 Å². The molecule has 0 bridgehead atoms. The molecule has 0 fully saturated rings. The van der Waals surface area contributed by atoms with Gasteiger partial charge in [-0.15, -0.1) is 0 Å². The fourth-order valence-corrected chi connectivity index (χ4v) is 2.57. The second-order valence-corrected chi connectivity index (χ2v) is 5.05. The maximum Gasteiger partial charge on any atom is 0.191 e. The van der Waals surface area contributed by atoms with Gasteiger partial charge in [-0.1, -0.05) is 25.1 Å². The molecule has 0 saturated heterocycles. The summed E-state index contributed by atoms with van der Waals surface area (Å²) in [5.74, 6) is 0.897. The van der Waals surface area contributed by atoms with E-state index in [0.717, 1.165) is 38.4 Å². The normalized spacial score (nSPS) is 10.6. The molecule has 0 aliphatic heterocycles. The summed E-state index contributed by atoms with van der Waals surface area (Å²) in [4.78, 5) is 8.02. The number of benzene rings is 1. The van der Waals surface area contributed by atoms with Gasteiger partial charge in [-0.05, 0) is 37.8 Å². The van der Waals surface area contributed by atoms with Crippen molar-refractivity contribution in [3.05, 3.63) is 35.5 Å². The predicted molar refractivity (Wildman–Crippen MR) is 91.0 cm³/mol. The van der Waals surface area contributed by atoms with Crippen molar-refractivity contribution in [3.63, 3.8) is 0 Å². The van der Waals surface area contributed by atoms with Crippen molar-refractivity contribution in [3.8, 4) is 0 Å². The highest BCUT2D eigenvalue weighted by Crippen LogP contribution is 2.22. The Kier molecular flexibility index (Phi) is 5.67. The SMILES string of the molecule is CCNC(=NCCc1c[nH]c2c(CC)cccc12)NCC. The zero-order valence-electron chi connectivity index (χ0n) is 13.3. The van der Waals surface area contributed by atoms with Gasteiger partial charge in [0.1, 0.15) is 0 Å². The third kappa shape index (κ3) is 3.78. The van der Waals surface area contributed by atoms with Gasteiger partial charge in [-0.25, -0.2) is 0 Å². The van der Waals surface area contributed by atoms with E-state index in [-0.39, 0.29) is 0 Å². The topological polar surface area (TPSA) is 52.2 Å². The Hall–Kier alpha value is -1.97. The van der Waals surface area contributed by atoms with Crippen molar-refractivity contribution in [2.75, 3.05) is 19.6 Å². The number of hydrogen-bond donors (Lipinski definition) is 3. The summed E-state index contributed by atoms with van der Waals surface area (Å²) in [6.07, 6.45) is 4.13. The molecule has 4 nitrogen and oxygen atoms in total. The van der Waals surface area contributed by atoms with Crippen molar-refractivity contribution in [2.24, 2.45) is 4.99 Å². The van der Waals surface area contributed by atoms with Crippen LogP contribution in [0.1, 0.15) is 31.9 Å². The second kappa shape index (κ2) is 7.72. The molecule has 1 aromatic carbocycles. The van der Waals surface area contributed by atoms with Crippen molar-refractivity contribution in [1.82, 2.24) is 15.6 Å². The molecule has 4 heteroatoms. The lowest BCUT2D eigenvalue weighted by Gasteiger charge is -2.08. The van der Waals surface area contributed by atoms with Crippen LogP contribution in [0.15, 0.2) is 29.4 Å². The average Bonchev–Trinajstić information content (AvgIpc) is 2.91. The molecule has 1 heterocycles. The Morgan fingerprint density at radius 3 is 2.52 bits per heavy atom. The van der Waals surface area contributed by atoms with Crippen LogP contribution in [0.2, 0.25) is 0 Å². The molecule has 0 atom stereocenters. The Morgan fingerprint density at radius 1 is 1.10 bits per heavy atom. The highest BCUT2D eigenvalue weighted by atomic mass is 15.2. The van der Waals surface area contributed by atoms with Crippen LogP contribution in [0.4, 0.5) is 0 Å². The molecule has 1 aromatic heterocycles. The van der Waals surface area contributed by atoms with E-state index in [9.17, 15) is 0 Å². The van der Waals surface area contributed by atoms with Gasteiger partial charge in [0.15, 0.2) is 5.96 Å². The minimum Gasteiger partial charge on any atom is -0.361 e. The van der Waals surface area contributed by atoms with Gasteiger partial charge in [0.05, 0.1) is 0 Å². The molecule has 0 unspecified atom stereocenters. The standard InChI is InChI=1S/C17H26N4/c1-4-13-8-7-9-15-14(12-21-16(13)15)10-11-20-17(18-5-2)19-6-3/h7-9,12,21H,4-6,10-11H2,1-3H3,(H2,18,19,20). The number of para-hydroxylation sites is 1. The number of hydrogen-bond acceptors (Lipinski definition) is 1. The van der Waals surface area contributed by atoms with Crippen molar-refractivity contribution in [1.29, 1.82) is 0 Å². The first kappa shape index (κ1) is 15.4. The van der Waals surface area contributed by atoms with Gasteiger partial charge >= 0.3 is 0 Å². The van der Waals surface area contributed by atoms with Gasteiger partial charge in [-0.3, -0.25) is 4.99 Å². The predicted octanol–water partition coefficient (Wildman–Crippen LogP) is 2.85. The zero-order valence-corrected chi connectivity index (χ0v) is 13.3. The third-order valence-electron chi connectivity index (χ3n) is 3.61. The van der Waals surface area contributed by atoms with Crippen molar-refractivity contribution in [2.45, 2.75) is 33.6 Å². The zero-order chi connectivity index (χ0) is 15.1. The Labute approximate surface area is 127 Å². The minimum absolute atomic E-state index is 0.790. The molecule has 0 aliphatic carbocycles. The molecule has 2 aromatic rings. The number of nitrogens with zero attached hydrogens (tertiary/aromatic N) is 1. The van der Waals surface area contributed by atoms with Gasteiger partial charge in [0, 0.05) is 36.7 Å². The number of nitrogens with one attached hydrogen (secondary N) is 3. The van der Waals surface area contributed by atoms with E-state index in [0.29, 0.717) is 0 Å². The summed E-state index contributed by atoms with van der Waals surface area (Å²) in [5.41, 5.74) is 4.00. The maximum atomic E-state index is 4.61. The van der Waals surface area contributed by atoms with Crippen LogP contribution < -0.4 is 10.6 Å². The molecule has 0 amide bonds. The van der Waals surface area contributed by atoms with Crippen LogP contribution >= 0.6 is 0 Å². The van der Waals surface area contributed by atoms with E-state index >= 15 is 0 Å². The van der Waals surface area contributed by atoms with E-state index < -0.39 is 0 Å². The van der Waals surface area contributed by atoms with Crippen LogP contribution in [-0.4, -0.2) is 30.6 Å². The van der Waals surface area contributed by atoms with Gasteiger partial charge in [-0.2, -0.15) is 0 Å². The number of aromatic nitrogens is 1. The van der Waals surface area contributed by atoms with Crippen LogP contribution in [0, 0.1) is 0 Å². The molecule has 114 valence electrons. The molecule has 0 aliphatic rings. The summed E-state index contributed by atoms with van der Waals surface area (Å²) in [5, 5.41) is 7.83. The average molecular weight is 286 g/mol. The van der Waals surface area contributed by atoms with E-state index in [1.165, 1.54) is 22.0 Å². The number of H-pyrrole nitrogens is 1. The smallest absolute Gasteiger partial charge is 0.191 e. The van der Waals surface area contributed by atoms with Crippen molar-refractivity contribution < 1.29 is 0 Å². The lowest BCUT2D eigenvalue weighted by Crippen LogP contribution is -2.37. The highest BCUT2D eigenvalue weighted by Gasteiger charge is 2.06. The number of rotatable bonds is 6. The monoisotopic (exact) mass is 286 g/mol. The molecular formula is C17H26N4. The summed E-state index contributed by atoms with van der Waals surface area (Å²) < 4.78 is 0. The lowest BCUT2D eigenvalue weighted by atomic mass is 10.1. The van der Waals surface area contributed by atoms with Crippen LogP contribution in [0.25, 0.3) is 10.9 Å². The van der Waals surface area contributed by atoms with E-state index in [1.807, 2.05) is 0 Å². The maximum absolute atomic E-state index is 4.61. The fraction of sp³-hybridized carbons (Fsp3) is 0.471. The molecule has 0 spiro atoms. The number of aliphatic imine (C=N–C) groups is 1. The molecular weight excluding hydrogens is 260 g/mol. The quantitative estimate of drug-likeness (QED) is 0.565. The van der Waals surface area contributed by atoms with Gasteiger partial charge < -0.3 is 15.6 Å². The van der Waals surface area contributed by atoms with Crippen LogP contribution in [-0.2, 0) is 12.8 Å². The Balaban J connectivity index is 2.08. The van der Waals surface area contributed by atoms with Crippen LogP contribution in [0.5, 0.6) is 0 Å². The highest BCUT2D eigenvalue weighted by molar-refractivity contribution is 5.86. The first-order valence-corrected chi connectivity index (χ1v) is 7.90. The molecule has 0 saturated carbocycles. The van der Waals surface area contributed by atoms with Crippen molar-refractivity contribution >= 4 is 16.9 Å². The fourth-order valence-electron chi connectivity index (χ4n) is 2.57. The summed E-state index contributed by atoms with van der Waals surface area (Å²) in [7, 11) is 0. The molecule has 0 radical (unpaired) electrons. The summed E-state index contributed by atoms with van der Waals surface area (Å²) >= 11 is 0.